The Hall–Kier alpha value is -3.51. The van der Waals surface area contributed by atoms with Gasteiger partial charge in [-0.15, -0.1) is 0 Å². The van der Waals surface area contributed by atoms with E-state index in [1.165, 1.54) is 5.56 Å². The van der Waals surface area contributed by atoms with Crippen LogP contribution in [0.5, 0.6) is 17.2 Å². The smallest absolute Gasteiger partial charge is 0.313 e. The van der Waals surface area contributed by atoms with Crippen molar-refractivity contribution in [1.82, 2.24) is 5.32 Å². The van der Waals surface area contributed by atoms with Gasteiger partial charge < -0.3 is 19.5 Å². The maximum atomic E-state index is 12.7. The van der Waals surface area contributed by atoms with E-state index in [9.17, 15) is 9.59 Å². The van der Waals surface area contributed by atoms with Gasteiger partial charge in [-0.2, -0.15) is 0 Å². The molecule has 186 valence electrons. The molecule has 3 aromatic rings. The highest BCUT2D eigenvalue weighted by atomic mass is 35.5. The summed E-state index contributed by atoms with van der Waals surface area (Å²) in [4.78, 5) is 25.0. The van der Waals surface area contributed by atoms with Crippen molar-refractivity contribution < 1.29 is 23.8 Å². The molecule has 0 radical (unpaired) electrons. The molecule has 1 heterocycles. The molecule has 36 heavy (non-hydrogen) atoms. The molecule has 2 aliphatic rings. The Bertz CT molecular complexity index is 1240. The van der Waals surface area contributed by atoms with Crippen LogP contribution in [-0.4, -0.2) is 31.1 Å². The van der Waals surface area contributed by atoms with Crippen LogP contribution in [0.3, 0.4) is 0 Å². The van der Waals surface area contributed by atoms with Crippen molar-refractivity contribution in [1.29, 1.82) is 0 Å². The summed E-state index contributed by atoms with van der Waals surface area (Å²) in [5.74, 6) is 1.24. The molecule has 1 saturated carbocycles. The first-order valence-electron chi connectivity index (χ1n) is 12.3. The summed E-state index contributed by atoms with van der Waals surface area (Å²) in [5, 5.41) is 3.48. The van der Waals surface area contributed by atoms with E-state index in [2.05, 4.69) is 29.6 Å². The van der Waals surface area contributed by atoms with Crippen LogP contribution in [0.4, 0.5) is 0 Å². The predicted molar refractivity (Wildman–Crippen MR) is 137 cm³/mol. The number of hydrogen-bond acceptors (Lipinski definition) is 5. The Morgan fingerprint density at radius 2 is 1.81 bits per heavy atom. The molecule has 0 bridgehead atoms. The van der Waals surface area contributed by atoms with E-state index in [1.807, 2.05) is 6.07 Å². The number of carbonyl (C=O) groups excluding carboxylic acids is 2. The van der Waals surface area contributed by atoms with E-state index in [1.54, 1.807) is 43.3 Å². The zero-order valence-electron chi connectivity index (χ0n) is 20.0. The maximum Gasteiger partial charge on any atom is 0.313 e. The summed E-state index contributed by atoms with van der Waals surface area (Å²) in [6.07, 6.45) is 2.44. The SMILES string of the molecule is CCOC(=O)C1CCOc2cc(Oc3ccc(C(=O)NC4CC(c5ccccc5)C4)cc3)c(Cl)cc21. The van der Waals surface area contributed by atoms with Crippen molar-refractivity contribution in [3.05, 3.63) is 88.4 Å². The molecule has 1 N–H and O–H groups in total. The molecule has 1 aliphatic carbocycles. The van der Waals surface area contributed by atoms with Crippen LogP contribution in [0, 0.1) is 0 Å². The minimum Gasteiger partial charge on any atom is -0.493 e. The normalized spacial score (nSPS) is 20.3. The van der Waals surface area contributed by atoms with Crippen molar-refractivity contribution in [3.63, 3.8) is 0 Å². The van der Waals surface area contributed by atoms with Gasteiger partial charge in [0.1, 0.15) is 17.2 Å². The number of rotatable bonds is 7. The van der Waals surface area contributed by atoms with Crippen LogP contribution in [0.1, 0.15) is 59.5 Å². The Labute approximate surface area is 215 Å². The van der Waals surface area contributed by atoms with E-state index < -0.39 is 5.92 Å². The zero-order valence-corrected chi connectivity index (χ0v) is 20.8. The van der Waals surface area contributed by atoms with Crippen molar-refractivity contribution >= 4 is 23.5 Å². The molecule has 5 rings (SSSR count). The summed E-state index contributed by atoms with van der Waals surface area (Å²) in [7, 11) is 0. The molecule has 1 atom stereocenters. The van der Waals surface area contributed by atoms with Crippen molar-refractivity contribution in [2.75, 3.05) is 13.2 Å². The monoisotopic (exact) mass is 505 g/mol. The average molecular weight is 506 g/mol. The fraction of sp³-hybridized carbons (Fsp3) is 0.310. The topological polar surface area (TPSA) is 73.9 Å². The number of esters is 1. The highest BCUT2D eigenvalue weighted by Crippen LogP contribution is 2.42. The molecule has 1 amide bonds. The van der Waals surface area contributed by atoms with Gasteiger partial charge >= 0.3 is 5.97 Å². The van der Waals surface area contributed by atoms with E-state index in [4.69, 9.17) is 25.8 Å². The molecule has 0 saturated heterocycles. The standard InChI is InChI=1S/C29H28ClNO5/c1-2-34-29(33)23-12-13-35-26-17-27(25(30)16-24(23)26)36-22-10-8-19(9-11-22)28(32)31-21-14-20(15-21)18-6-4-3-5-7-18/h3-11,16-17,20-21,23H,2,12-15H2,1H3,(H,31,32). The fourth-order valence-electron chi connectivity index (χ4n) is 4.76. The molecular weight excluding hydrogens is 478 g/mol. The third kappa shape index (κ3) is 5.19. The van der Waals surface area contributed by atoms with E-state index in [-0.39, 0.29) is 17.9 Å². The number of ether oxygens (including phenoxy) is 3. The molecule has 3 aromatic carbocycles. The quantitative estimate of drug-likeness (QED) is 0.385. The number of hydrogen-bond donors (Lipinski definition) is 1. The Morgan fingerprint density at radius 3 is 2.53 bits per heavy atom. The van der Waals surface area contributed by atoms with E-state index >= 15 is 0 Å². The lowest BCUT2D eigenvalue weighted by Crippen LogP contribution is -2.43. The molecule has 1 fully saturated rings. The van der Waals surface area contributed by atoms with Crippen molar-refractivity contribution in [2.45, 2.75) is 44.1 Å². The predicted octanol–water partition coefficient (Wildman–Crippen LogP) is 6.24. The minimum atomic E-state index is -0.406. The van der Waals surface area contributed by atoms with Crippen LogP contribution in [0.2, 0.25) is 5.02 Å². The summed E-state index contributed by atoms with van der Waals surface area (Å²) in [6.45, 7) is 2.52. The number of benzene rings is 3. The summed E-state index contributed by atoms with van der Waals surface area (Å²) in [6, 6.07) is 20.9. The lowest BCUT2D eigenvalue weighted by molar-refractivity contribution is -0.145. The molecule has 0 aromatic heterocycles. The fourth-order valence-corrected chi connectivity index (χ4v) is 4.97. The van der Waals surface area contributed by atoms with Crippen LogP contribution < -0.4 is 14.8 Å². The highest BCUT2D eigenvalue weighted by molar-refractivity contribution is 6.32. The second-order valence-electron chi connectivity index (χ2n) is 9.14. The number of fused-ring (bicyclic) bond motifs is 1. The number of amides is 1. The second-order valence-corrected chi connectivity index (χ2v) is 9.55. The Kier molecular flexibility index (Phi) is 7.14. The average Bonchev–Trinajstić information content (AvgIpc) is 2.87. The zero-order chi connectivity index (χ0) is 25.1. The number of carbonyl (C=O) groups is 2. The van der Waals surface area contributed by atoms with Crippen molar-refractivity contribution in [2.24, 2.45) is 0 Å². The third-order valence-corrected chi connectivity index (χ3v) is 7.06. The first kappa shape index (κ1) is 24.2. The van der Waals surface area contributed by atoms with Crippen molar-refractivity contribution in [3.8, 4) is 17.2 Å². The molecule has 1 aliphatic heterocycles. The molecule has 7 heteroatoms. The van der Waals surface area contributed by atoms with E-state index in [0.717, 1.165) is 12.8 Å². The molecule has 1 unspecified atom stereocenters. The van der Waals surface area contributed by atoms with Crippen LogP contribution in [-0.2, 0) is 9.53 Å². The Morgan fingerprint density at radius 1 is 1.06 bits per heavy atom. The van der Waals surface area contributed by atoms with Gasteiger partial charge in [0, 0.05) is 23.2 Å². The largest absolute Gasteiger partial charge is 0.493 e. The van der Waals surface area contributed by atoms with Gasteiger partial charge in [0.15, 0.2) is 0 Å². The minimum absolute atomic E-state index is 0.0942. The lowest BCUT2D eigenvalue weighted by Gasteiger charge is -2.36. The lowest BCUT2D eigenvalue weighted by atomic mass is 9.76. The Balaban J connectivity index is 1.20. The third-order valence-electron chi connectivity index (χ3n) is 6.76. The van der Waals surface area contributed by atoms with Gasteiger partial charge in [-0.1, -0.05) is 41.9 Å². The first-order valence-corrected chi connectivity index (χ1v) is 12.7. The molecular formula is C29H28ClNO5. The number of nitrogens with one attached hydrogen (secondary N) is 1. The van der Waals surface area contributed by atoms with Gasteiger partial charge in [-0.25, -0.2) is 0 Å². The molecule has 0 spiro atoms. The summed E-state index contributed by atoms with van der Waals surface area (Å²) >= 11 is 6.48. The molecule has 6 nitrogen and oxygen atoms in total. The second kappa shape index (κ2) is 10.6. The van der Waals surface area contributed by atoms with Crippen LogP contribution >= 0.6 is 11.6 Å². The number of halogens is 1. The van der Waals surface area contributed by atoms with Crippen LogP contribution in [0.15, 0.2) is 66.7 Å². The van der Waals surface area contributed by atoms with Gasteiger partial charge in [0.25, 0.3) is 5.91 Å². The van der Waals surface area contributed by atoms with Gasteiger partial charge in [-0.3, -0.25) is 9.59 Å². The maximum absolute atomic E-state index is 12.7. The first-order chi connectivity index (χ1) is 17.5. The highest BCUT2D eigenvalue weighted by Gasteiger charge is 2.32. The summed E-state index contributed by atoms with van der Waals surface area (Å²) in [5.41, 5.74) is 2.60. The van der Waals surface area contributed by atoms with Gasteiger partial charge in [-0.05, 0) is 68.0 Å². The van der Waals surface area contributed by atoms with E-state index in [0.29, 0.717) is 59.0 Å². The van der Waals surface area contributed by atoms with Gasteiger partial charge in [0.2, 0.25) is 0 Å². The summed E-state index contributed by atoms with van der Waals surface area (Å²) < 4.78 is 16.9. The van der Waals surface area contributed by atoms with Gasteiger partial charge in [0.05, 0.1) is 24.2 Å². The van der Waals surface area contributed by atoms with Crippen LogP contribution in [0.25, 0.3) is 0 Å².